The highest BCUT2D eigenvalue weighted by atomic mass is 16.5. The van der Waals surface area contributed by atoms with Gasteiger partial charge < -0.3 is 28.2 Å². The molecule has 3 aromatic rings. The van der Waals surface area contributed by atoms with Crippen LogP contribution in [0.15, 0.2) is 41.1 Å². The number of aromatic nitrogens is 1. The SMILES string of the molecule is COc1ccc(-c2oncc2-c2cc(OC)c(OC)c(OC)c2OC)cc1. The van der Waals surface area contributed by atoms with E-state index in [0.717, 1.165) is 16.9 Å². The molecule has 2 aromatic carbocycles. The minimum absolute atomic E-state index is 0.427. The molecule has 0 saturated heterocycles. The molecule has 0 bridgehead atoms. The van der Waals surface area contributed by atoms with Crippen LogP contribution >= 0.6 is 0 Å². The van der Waals surface area contributed by atoms with Gasteiger partial charge in [-0.1, -0.05) is 5.16 Å². The average Bonchev–Trinajstić information content (AvgIpc) is 3.21. The van der Waals surface area contributed by atoms with Crippen molar-refractivity contribution < 1.29 is 28.2 Å². The lowest BCUT2D eigenvalue weighted by atomic mass is 10.00. The maximum atomic E-state index is 5.61. The van der Waals surface area contributed by atoms with Gasteiger partial charge in [-0.05, 0) is 30.3 Å². The van der Waals surface area contributed by atoms with E-state index in [1.54, 1.807) is 47.8 Å². The standard InChI is InChI=1S/C20H21NO6/c1-22-13-8-6-12(7-9-13)17-15(11-21-27-17)14-10-16(23-2)19(25-4)20(26-5)18(14)24-3/h6-11H,1-5H3. The fourth-order valence-electron chi connectivity index (χ4n) is 2.91. The Morgan fingerprint density at radius 2 is 1.37 bits per heavy atom. The van der Waals surface area contributed by atoms with Crippen molar-refractivity contribution in [3.05, 3.63) is 36.5 Å². The molecule has 0 radical (unpaired) electrons. The first-order chi connectivity index (χ1) is 13.2. The minimum Gasteiger partial charge on any atom is -0.497 e. The van der Waals surface area contributed by atoms with Gasteiger partial charge in [0.15, 0.2) is 17.3 Å². The molecule has 0 saturated carbocycles. The highest BCUT2D eigenvalue weighted by molar-refractivity contribution is 5.86. The van der Waals surface area contributed by atoms with Gasteiger partial charge in [0.2, 0.25) is 11.5 Å². The third-order valence-corrected chi connectivity index (χ3v) is 4.20. The van der Waals surface area contributed by atoms with E-state index < -0.39 is 0 Å². The van der Waals surface area contributed by atoms with Crippen LogP contribution in [0.3, 0.4) is 0 Å². The van der Waals surface area contributed by atoms with Crippen molar-refractivity contribution in [1.29, 1.82) is 0 Å². The fourth-order valence-corrected chi connectivity index (χ4v) is 2.91. The van der Waals surface area contributed by atoms with Crippen LogP contribution < -0.4 is 23.7 Å². The molecule has 0 fully saturated rings. The highest BCUT2D eigenvalue weighted by Gasteiger charge is 2.25. The molecule has 0 spiro atoms. The maximum absolute atomic E-state index is 5.61. The van der Waals surface area contributed by atoms with Gasteiger partial charge in [-0.3, -0.25) is 0 Å². The summed E-state index contributed by atoms with van der Waals surface area (Å²) in [6.07, 6.45) is 1.63. The van der Waals surface area contributed by atoms with Gasteiger partial charge in [-0.2, -0.15) is 0 Å². The van der Waals surface area contributed by atoms with Gasteiger partial charge in [0.25, 0.3) is 0 Å². The molecule has 0 atom stereocenters. The largest absolute Gasteiger partial charge is 0.497 e. The second-order valence-electron chi connectivity index (χ2n) is 5.52. The van der Waals surface area contributed by atoms with E-state index in [0.29, 0.717) is 34.3 Å². The molecule has 0 aliphatic heterocycles. The second kappa shape index (κ2) is 7.90. The molecule has 0 aliphatic rings. The van der Waals surface area contributed by atoms with E-state index in [-0.39, 0.29) is 0 Å². The third kappa shape index (κ3) is 3.23. The molecule has 0 amide bonds. The minimum atomic E-state index is 0.427. The molecule has 0 unspecified atom stereocenters. The molecule has 1 aromatic heterocycles. The Morgan fingerprint density at radius 1 is 0.704 bits per heavy atom. The second-order valence-corrected chi connectivity index (χ2v) is 5.52. The lowest BCUT2D eigenvalue weighted by molar-refractivity contribution is 0.306. The number of hydrogen-bond acceptors (Lipinski definition) is 7. The predicted octanol–water partition coefficient (Wildman–Crippen LogP) is 4.05. The molecular formula is C20H21NO6. The summed E-state index contributed by atoms with van der Waals surface area (Å²) in [5, 5.41) is 3.97. The Hall–Kier alpha value is -3.35. The molecule has 0 aliphatic carbocycles. The number of rotatable bonds is 7. The average molecular weight is 371 g/mol. The molecule has 7 nitrogen and oxygen atoms in total. The van der Waals surface area contributed by atoms with Gasteiger partial charge in [-0.25, -0.2) is 0 Å². The summed E-state index contributed by atoms with van der Waals surface area (Å²) >= 11 is 0. The van der Waals surface area contributed by atoms with E-state index in [1.165, 1.54) is 0 Å². The Balaban J connectivity index is 2.21. The molecule has 27 heavy (non-hydrogen) atoms. The topological polar surface area (TPSA) is 72.2 Å². The van der Waals surface area contributed by atoms with E-state index in [9.17, 15) is 0 Å². The van der Waals surface area contributed by atoms with Crippen molar-refractivity contribution in [1.82, 2.24) is 5.16 Å². The predicted molar refractivity (Wildman–Crippen MR) is 100 cm³/mol. The highest BCUT2D eigenvalue weighted by Crippen LogP contribution is 2.51. The van der Waals surface area contributed by atoms with Crippen LogP contribution in [0.1, 0.15) is 0 Å². The molecule has 7 heteroatoms. The van der Waals surface area contributed by atoms with Crippen molar-refractivity contribution in [3.8, 4) is 51.2 Å². The third-order valence-electron chi connectivity index (χ3n) is 4.20. The summed E-state index contributed by atoms with van der Waals surface area (Å²) in [5.74, 6) is 3.22. The Labute approximate surface area is 157 Å². The maximum Gasteiger partial charge on any atom is 0.207 e. The summed E-state index contributed by atoms with van der Waals surface area (Å²) < 4.78 is 32.8. The van der Waals surface area contributed by atoms with E-state index >= 15 is 0 Å². The number of benzene rings is 2. The van der Waals surface area contributed by atoms with Crippen molar-refractivity contribution in [2.45, 2.75) is 0 Å². The van der Waals surface area contributed by atoms with E-state index in [2.05, 4.69) is 5.16 Å². The molecule has 3 rings (SSSR count). The zero-order valence-corrected chi connectivity index (χ0v) is 15.9. The van der Waals surface area contributed by atoms with E-state index in [4.69, 9.17) is 28.2 Å². The first kappa shape index (κ1) is 18.4. The molecular weight excluding hydrogens is 350 g/mol. The van der Waals surface area contributed by atoms with Crippen LogP contribution in [0, 0.1) is 0 Å². The van der Waals surface area contributed by atoms with Crippen LogP contribution in [0.2, 0.25) is 0 Å². The molecule has 0 N–H and O–H groups in total. The van der Waals surface area contributed by atoms with Crippen molar-refractivity contribution in [2.75, 3.05) is 35.5 Å². The lowest BCUT2D eigenvalue weighted by Crippen LogP contribution is -2.00. The summed E-state index contributed by atoms with van der Waals surface area (Å²) in [4.78, 5) is 0. The lowest BCUT2D eigenvalue weighted by Gasteiger charge is -2.18. The number of nitrogens with zero attached hydrogens (tertiary/aromatic N) is 1. The Kier molecular flexibility index (Phi) is 5.40. The number of hydrogen-bond donors (Lipinski definition) is 0. The zero-order valence-electron chi connectivity index (χ0n) is 15.9. The number of ether oxygens (including phenoxy) is 5. The van der Waals surface area contributed by atoms with Crippen LogP contribution in [0.4, 0.5) is 0 Å². The summed E-state index contributed by atoms with van der Waals surface area (Å²) in [5.41, 5.74) is 2.29. The molecule has 1 heterocycles. The van der Waals surface area contributed by atoms with Gasteiger partial charge in [0.05, 0.1) is 47.3 Å². The van der Waals surface area contributed by atoms with Crippen molar-refractivity contribution in [2.24, 2.45) is 0 Å². The normalized spacial score (nSPS) is 10.4. The van der Waals surface area contributed by atoms with E-state index in [1.807, 2.05) is 24.3 Å². The number of methoxy groups -OCH3 is 5. The Bertz CT molecular complexity index is 917. The van der Waals surface area contributed by atoms with Crippen molar-refractivity contribution >= 4 is 0 Å². The first-order valence-corrected chi connectivity index (χ1v) is 8.14. The smallest absolute Gasteiger partial charge is 0.207 e. The molecule has 142 valence electrons. The van der Waals surface area contributed by atoms with Gasteiger partial charge in [-0.15, -0.1) is 0 Å². The monoisotopic (exact) mass is 371 g/mol. The summed E-state index contributed by atoms with van der Waals surface area (Å²) in [6.45, 7) is 0. The Morgan fingerprint density at radius 3 is 1.93 bits per heavy atom. The van der Waals surface area contributed by atoms with Gasteiger partial charge >= 0.3 is 0 Å². The fraction of sp³-hybridized carbons (Fsp3) is 0.250. The van der Waals surface area contributed by atoms with Crippen molar-refractivity contribution in [3.63, 3.8) is 0 Å². The van der Waals surface area contributed by atoms with Crippen LogP contribution in [-0.2, 0) is 0 Å². The zero-order chi connectivity index (χ0) is 19.4. The van der Waals surface area contributed by atoms with Crippen LogP contribution in [-0.4, -0.2) is 40.7 Å². The summed E-state index contributed by atoms with van der Waals surface area (Å²) in [6, 6.07) is 9.31. The first-order valence-electron chi connectivity index (χ1n) is 8.14. The quantitative estimate of drug-likeness (QED) is 0.620. The van der Waals surface area contributed by atoms with Gasteiger partial charge in [0.1, 0.15) is 5.75 Å². The summed E-state index contributed by atoms with van der Waals surface area (Å²) in [7, 11) is 7.83. The van der Waals surface area contributed by atoms with Crippen LogP contribution in [0.5, 0.6) is 28.7 Å². The van der Waals surface area contributed by atoms with Crippen LogP contribution in [0.25, 0.3) is 22.5 Å². The van der Waals surface area contributed by atoms with Gasteiger partial charge in [0, 0.05) is 11.1 Å².